The number of rotatable bonds is 6. The van der Waals surface area contributed by atoms with Crippen molar-refractivity contribution < 1.29 is 13.2 Å². The molecule has 0 spiro atoms. The van der Waals surface area contributed by atoms with Gasteiger partial charge in [0, 0.05) is 4.47 Å². The van der Waals surface area contributed by atoms with Gasteiger partial charge in [-0.1, -0.05) is 62.9 Å². The first-order chi connectivity index (χ1) is 14.2. The van der Waals surface area contributed by atoms with E-state index in [4.69, 9.17) is 23.2 Å². The van der Waals surface area contributed by atoms with E-state index in [1.54, 1.807) is 54.6 Å². The molecule has 0 unspecified atom stereocenters. The summed E-state index contributed by atoms with van der Waals surface area (Å²) < 4.78 is 28.5. The molecule has 0 heterocycles. The van der Waals surface area contributed by atoms with E-state index in [2.05, 4.69) is 21.2 Å². The van der Waals surface area contributed by atoms with E-state index in [1.165, 1.54) is 12.1 Å². The number of aryl methyl sites for hydroxylation is 1. The van der Waals surface area contributed by atoms with Crippen LogP contribution in [0.25, 0.3) is 0 Å². The third kappa shape index (κ3) is 5.16. The average molecular weight is 528 g/mol. The number of sulfonamides is 1. The van der Waals surface area contributed by atoms with Gasteiger partial charge in [0.2, 0.25) is 5.91 Å². The van der Waals surface area contributed by atoms with Gasteiger partial charge in [0.15, 0.2) is 0 Å². The Bertz CT molecular complexity index is 1170. The second-order valence-corrected chi connectivity index (χ2v) is 10.0. The van der Waals surface area contributed by atoms with Gasteiger partial charge in [-0.15, -0.1) is 0 Å². The van der Waals surface area contributed by atoms with Crippen LogP contribution in [0.4, 0.5) is 11.4 Å². The fourth-order valence-electron chi connectivity index (χ4n) is 2.68. The van der Waals surface area contributed by atoms with Crippen molar-refractivity contribution in [2.45, 2.75) is 11.8 Å². The largest absolute Gasteiger partial charge is 0.323 e. The molecule has 0 radical (unpaired) electrons. The molecule has 0 aromatic heterocycles. The van der Waals surface area contributed by atoms with Crippen LogP contribution in [0, 0.1) is 6.92 Å². The Morgan fingerprint density at radius 1 is 1.00 bits per heavy atom. The maximum Gasteiger partial charge on any atom is 0.264 e. The van der Waals surface area contributed by atoms with Gasteiger partial charge in [0.05, 0.1) is 26.3 Å². The zero-order valence-electron chi connectivity index (χ0n) is 15.8. The van der Waals surface area contributed by atoms with E-state index < -0.39 is 22.5 Å². The first-order valence-corrected chi connectivity index (χ1v) is 11.8. The van der Waals surface area contributed by atoms with Crippen molar-refractivity contribution in [2.75, 3.05) is 16.2 Å². The molecule has 3 aromatic rings. The van der Waals surface area contributed by atoms with Crippen molar-refractivity contribution in [2.24, 2.45) is 0 Å². The van der Waals surface area contributed by atoms with Crippen molar-refractivity contribution in [1.29, 1.82) is 0 Å². The Morgan fingerprint density at radius 2 is 1.63 bits per heavy atom. The lowest BCUT2D eigenvalue weighted by Crippen LogP contribution is -2.38. The number of nitrogens with zero attached hydrogens (tertiary/aromatic N) is 1. The highest BCUT2D eigenvalue weighted by atomic mass is 79.9. The standard InChI is InChI=1S/C21H17BrCl2N2O3S/c1-14-5-11-17(12-6-14)30(28,29)26(16-9-7-15(22)8-10-16)13-20(27)25-19-4-2-3-18(23)21(19)24/h2-12H,13H2,1H3,(H,25,27). The maximum atomic E-state index is 13.3. The number of hydrogen-bond acceptors (Lipinski definition) is 3. The molecule has 0 atom stereocenters. The number of anilines is 2. The van der Waals surface area contributed by atoms with Crippen molar-refractivity contribution in [3.63, 3.8) is 0 Å². The minimum absolute atomic E-state index is 0.0876. The van der Waals surface area contributed by atoms with Crippen LogP contribution in [0.5, 0.6) is 0 Å². The number of nitrogens with one attached hydrogen (secondary N) is 1. The summed E-state index contributed by atoms with van der Waals surface area (Å²) in [6, 6.07) is 17.9. The third-order valence-electron chi connectivity index (χ3n) is 4.24. The Labute approximate surface area is 193 Å². The first-order valence-electron chi connectivity index (χ1n) is 8.77. The minimum atomic E-state index is -3.99. The van der Waals surface area contributed by atoms with Gasteiger partial charge in [-0.3, -0.25) is 9.10 Å². The van der Waals surface area contributed by atoms with Crippen molar-refractivity contribution in [3.8, 4) is 0 Å². The quantitative estimate of drug-likeness (QED) is 0.434. The van der Waals surface area contributed by atoms with E-state index in [0.29, 0.717) is 11.4 Å². The minimum Gasteiger partial charge on any atom is -0.323 e. The Morgan fingerprint density at radius 3 is 2.27 bits per heavy atom. The zero-order valence-corrected chi connectivity index (χ0v) is 19.7. The molecule has 0 aliphatic heterocycles. The monoisotopic (exact) mass is 526 g/mol. The van der Waals surface area contributed by atoms with Crippen LogP contribution in [0.3, 0.4) is 0 Å². The molecule has 0 aliphatic carbocycles. The Balaban J connectivity index is 1.95. The predicted molar refractivity (Wildman–Crippen MR) is 125 cm³/mol. The summed E-state index contributed by atoms with van der Waals surface area (Å²) in [4.78, 5) is 12.8. The normalized spacial score (nSPS) is 11.2. The fourth-order valence-corrected chi connectivity index (χ4v) is 4.71. The lowest BCUT2D eigenvalue weighted by molar-refractivity contribution is -0.114. The highest BCUT2D eigenvalue weighted by Crippen LogP contribution is 2.30. The Kier molecular flexibility index (Phi) is 7.08. The SMILES string of the molecule is Cc1ccc(S(=O)(=O)N(CC(=O)Nc2cccc(Cl)c2Cl)c2ccc(Br)cc2)cc1. The molecule has 5 nitrogen and oxygen atoms in total. The molecule has 0 saturated carbocycles. The van der Waals surface area contributed by atoms with Gasteiger partial charge in [0.1, 0.15) is 6.54 Å². The highest BCUT2D eigenvalue weighted by Gasteiger charge is 2.27. The summed E-state index contributed by atoms with van der Waals surface area (Å²) in [6.45, 7) is 1.42. The van der Waals surface area contributed by atoms with Gasteiger partial charge in [0.25, 0.3) is 10.0 Å². The van der Waals surface area contributed by atoms with Crippen LogP contribution in [0.2, 0.25) is 10.0 Å². The summed E-state index contributed by atoms with van der Waals surface area (Å²) in [5, 5.41) is 3.09. The molecule has 3 rings (SSSR count). The van der Waals surface area contributed by atoms with E-state index in [9.17, 15) is 13.2 Å². The number of benzene rings is 3. The number of amides is 1. The predicted octanol–water partition coefficient (Wildman–Crippen LogP) is 5.90. The number of carbonyl (C=O) groups excluding carboxylic acids is 1. The lowest BCUT2D eigenvalue weighted by atomic mass is 10.2. The fraction of sp³-hybridized carbons (Fsp3) is 0.0952. The molecule has 0 fully saturated rings. The van der Waals surface area contributed by atoms with Crippen molar-refractivity contribution in [3.05, 3.63) is 86.8 Å². The van der Waals surface area contributed by atoms with Crippen LogP contribution in [-0.2, 0) is 14.8 Å². The molecule has 9 heteroatoms. The van der Waals surface area contributed by atoms with E-state index >= 15 is 0 Å². The number of carbonyl (C=O) groups is 1. The molecule has 30 heavy (non-hydrogen) atoms. The molecule has 1 N–H and O–H groups in total. The van der Waals surface area contributed by atoms with Gasteiger partial charge >= 0.3 is 0 Å². The summed E-state index contributed by atoms with van der Waals surface area (Å²) in [6.07, 6.45) is 0. The van der Waals surface area contributed by atoms with Crippen LogP contribution < -0.4 is 9.62 Å². The summed E-state index contributed by atoms with van der Waals surface area (Å²) in [5.74, 6) is -0.558. The van der Waals surface area contributed by atoms with Crippen LogP contribution in [-0.4, -0.2) is 20.9 Å². The maximum absolute atomic E-state index is 13.3. The smallest absolute Gasteiger partial charge is 0.264 e. The zero-order chi connectivity index (χ0) is 21.9. The number of hydrogen-bond donors (Lipinski definition) is 1. The van der Waals surface area contributed by atoms with Crippen LogP contribution in [0.1, 0.15) is 5.56 Å². The lowest BCUT2D eigenvalue weighted by Gasteiger charge is -2.24. The van der Waals surface area contributed by atoms with Crippen LogP contribution in [0.15, 0.2) is 76.1 Å². The Hall–Kier alpha value is -2.06. The molecule has 3 aromatic carbocycles. The molecule has 1 amide bonds. The summed E-state index contributed by atoms with van der Waals surface area (Å²) in [5.41, 5.74) is 1.58. The topological polar surface area (TPSA) is 66.5 Å². The highest BCUT2D eigenvalue weighted by molar-refractivity contribution is 9.10. The van der Waals surface area contributed by atoms with E-state index in [0.717, 1.165) is 14.3 Å². The van der Waals surface area contributed by atoms with Gasteiger partial charge in [-0.2, -0.15) is 0 Å². The van der Waals surface area contributed by atoms with Crippen molar-refractivity contribution >= 4 is 66.4 Å². The second kappa shape index (κ2) is 9.39. The molecule has 0 saturated heterocycles. The van der Waals surface area contributed by atoms with E-state index in [-0.39, 0.29) is 14.9 Å². The number of halogens is 3. The van der Waals surface area contributed by atoms with E-state index in [1.807, 2.05) is 6.92 Å². The first kappa shape index (κ1) is 22.6. The third-order valence-corrected chi connectivity index (χ3v) is 7.37. The van der Waals surface area contributed by atoms with Gasteiger partial charge in [-0.05, 0) is 55.5 Å². The van der Waals surface area contributed by atoms with Gasteiger partial charge in [-0.25, -0.2) is 8.42 Å². The summed E-state index contributed by atoms with van der Waals surface area (Å²) in [7, 11) is -3.99. The molecular weight excluding hydrogens is 511 g/mol. The summed E-state index contributed by atoms with van der Waals surface area (Å²) >= 11 is 15.4. The van der Waals surface area contributed by atoms with Crippen LogP contribution >= 0.6 is 39.1 Å². The molecule has 156 valence electrons. The molecular formula is C21H17BrCl2N2O3S. The molecule has 0 bridgehead atoms. The molecule has 0 aliphatic rings. The average Bonchev–Trinajstić information content (AvgIpc) is 2.71. The van der Waals surface area contributed by atoms with Crippen molar-refractivity contribution in [1.82, 2.24) is 0 Å². The van der Waals surface area contributed by atoms with Gasteiger partial charge < -0.3 is 5.32 Å². The second-order valence-electron chi connectivity index (χ2n) is 6.45.